The molecular weight excluding hydrogens is 1070 g/mol. The number of unbranched alkanes of at least 4 members (excludes halogenated alkanes) is 1. The Morgan fingerprint density at radius 1 is 0.573 bits per heavy atom. The monoisotopic (exact) mass is 1160 g/mol. The fourth-order valence-electron chi connectivity index (χ4n) is 9.19. The van der Waals surface area contributed by atoms with Gasteiger partial charge in [-0.1, -0.05) is 80.1 Å². The van der Waals surface area contributed by atoms with Gasteiger partial charge in [0.25, 0.3) is 5.91 Å². The second kappa shape index (κ2) is 29.8. The van der Waals surface area contributed by atoms with E-state index in [0.29, 0.717) is 5.56 Å². The van der Waals surface area contributed by atoms with Gasteiger partial charge in [-0.3, -0.25) is 52.5 Å². The Kier molecular flexibility index (Phi) is 25.1. The van der Waals surface area contributed by atoms with Crippen molar-refractivity contribution in [3.63, 3.8) is 0 Å². The minimum atomic E-state index is -5.19. The normalized spacial score (nSPS) is 16.0. The molecule has 0 fully saturated rings. The number of esters is 5. The van der Waals surface area contributed by atoms with Crippen molar-refractivity contribution < 1.29 is 71.0 Å². The smallest absolute Gasteiger partial charge is 0.459 e. The van der Waals surface area contributed by atoms with Crippen molar-refractivity contribution in [2.24, 2.45) is 0 Å². The van der Waals surface area contributed by atoms with E-state index in [1.807, 2.05) is 66.7 Å². The van der Waals surface area contributed by atoms with Gasteiger partial charge in [0.1, 0.15) is 28.0 Å². The van der Waals surface area contributed by atoms with E-state index < -0.39 is 110 Å². The molecule has 1 N–H and O–H groups in total. The van der Waals surface area contributed by atoms with E-state index in [9.17, 15) is 38.2 Å². The Morgan fingerprint density at radius 3 is 1.49 bits per heavy atom. The maximum atomic E-state index is 14.9. The van der Waals surface area contributed by atoms with E-state index in [-0.39, 0.29) is 51.6 Å². The van der Waals surface area contributed by atoms with Gasteiger partial charge < -0.3 is 33.5 Å². The van der Waals surface area contributed by atoms with E-state index in [4.69, 9.17) is 32.7 Å². The van der Waals surface area contributed by atoms with Crippen LogP contribution in [0.1, 0.15) is 162 Å². The number of rotatable bonds is 28. The van der Waals surface area contributed by atoms with Crippen LogP contribution in [0.5, 0.6) is 0 Å². The number of carbonyl (C=O) groups excluding carboxylic acids is 6. The fourth-order valence-corrected chi connectivity index (χ4v) is 10.1. The van der Waals surface area contributed by atoms with Gasteiger partial charge >= 0.3 is 37.7 Å². The number of carbonyl (C=O) groups is 6. The highest BCUT2D eigenvalue weighted by atomic mass is 31.2. The Morgan fingerprint density at radius 2 is 1.01 bits per heavy atom. The Labute approximate surface area is 487 Å². The number of benzene rings is 3. The van der Waals surface area contributed by atoms with E-state index in [1.165, 1.54) is 9.80 Å². The lowest BCUT2D eigenvalue weighted by Crippen LogP contribution is -2.53. The summed E-state index contributed by atoms with van der Waals surface area (Å²) in [6.45, 7) is 24.5. The topological polar surface area (TPSA) is 217 Å². The maximum absolute atomic E-state index is 14.9. The molecule has 456 valence electrons. The Hall–Kier alpha value is -5.53. The number of phosphoric acid groups is 1. The molecule has 19 nitrogen and oxygen atoms in total. The third kappa shape index (κ3) is 25.9. The van der Waals surface area contributed by atoms with Crippen molar-refractivity contribution >= 4 is 43.6 Å². The first kappa shape index (κ1) is 69.0. The highest BCUT2D eigenvalue weighted by Gasteiger charge is 2.44. The summed E-state index contributed by atoms with van der Waals surface area (Å²) >= 11 is 0. The van der Waals surface area contributed by atoms with E-state index >= 15 is 0 Å². The van der Waals surface area contributed by atoms with Crippen LogP contribution in [-0.2, 0) is 80.7 Å². The first-order chi connectivity index (χ1) is 37.9. The van der Waals surface area contributed by atoms with Crippen molar-refractivity contribution in [2.75, 3.05) is 59.0 Å². The number of ether oxygens (including phenoxy) is 5. The van der Waals surface area contributed by atoms with Crippen LogP contribution in [0.2, 0.25) is 0 Å². The van der Waals surface area contributed by atoms with Gasteiger partial charge in [0.05, 0.1) is 51.5 Å². The first-order valence-corrected chi connectivity index (χ1v) is 29.8. The van der Waals surface area contributed by atoms with Gasteiger partial charge in [0.2, 0.25) is 0 Å². The molecule has 1 amide bonds. The highest BCUT2D eigenvalue weighted by Crippen LogP contribution is 2.51. The Balaban J connectivity index is 1.82. The summed E-state index contributed by atoms with van der Waals surface area (Å²) in [6.07, 6.45) is 1.89. The summed E-state index contributed by atoms with van der Waals surface area (Å²) in [5, 5.41) is 0. The molecule has 0 bridgehead atoms. The van der Waals surface area contributed by atoms with Crippen LogP contribution < -0.4 is 0 Å². The molecule has 20 heteroatoms. The molecule has 0 spiro atoms. The van der Waals surface area contributed by atoms with Crippen molar-refractivity contribution in [3.05, 3.63) is 107 Å². The highest BCUT2D eigenvalue weighted by molar-refractivity contribution is 7.47. The molecule has 82 heavy (non-hydrogen) atoms. The molecule has 0 saturated heterocycles. The lowest BCUT2D eigenvalue weighted by atomic mass is 10.0. The minimum absolute atomic E-state index is 0.0422. The van der Waals surface area contributed by atoms with Crippen LogP contribution in [-0.4, -0.2) is 159 Å². The molecule has 0 aromatic heterocycles. The van der Waals surface area contributed by atoms with Crippen molar-refractivity contribution in [3.8, 4) is 0 Å². The Bertz CT molecular complexity index is 2570. The quantitative estimate of drug-likeness (QED) is 0.0407. The SMILES string of the molecule is CCCCc1ccc(C(=O)N(Cc2ccccc2)[C@@H]2c3ccccc3C[C@@H]2OP(=O)(O)OC[C@@H](CN(CCN(CC(=O)OC(C)(C)C)CC(=O)OC(C)(C)C)CC(=O)OC(C)(C)C)N(CC(=O)OC(C)(C)C)CC(=O)OC(C)(C)C)cc1. The fraction of sp³-hybridized carbons (Fsp3) is 0.613. The van der Waals surface area contributed by atoms with Crippen LogP contribution in [0.25, 0.3) is 0 Å². The van der Waals surface area contributed by atoms with Crippen LogP contribution >= 0.6 is 7.82 Å². The molecular formula is C62H93N4O15P. The zero-order chi connectivity index (χ0) is 61.4. The van der Waals surface area contributed by atoms with E-state index in [1.54, 1.807) is 126 Å². The molecule has 1 aliphatic rings. The minimum Gasteiger partial charge on any atom is -0.459 e. The van der Waals surface area contributed by atoms with E-state index in [2.05, 4.69) is 6.92 Å². The summed E-state index contributed by atoms with van der Waals surface area (Å²) in [7, 11) is -5.19. The predicted octanol–water partition coefficient (Wildman–Crippen LogP) is 9.45. The number of nitrogens with zero attached hydrogens (tertiary/aromatic N) is 4. The van der Waals surface area contributed by atoms with E-state index in [0.717, 1.165) is 41.5 Å². The summed E-state index contributed by atoms with van der Waals surface area (Å²) in [6, 6.07) is 22.3. The molecule has 0 heterocycles. The zero-order valence-corrected chi connectivity index (χ0v) is 52.4. The number of phosphoric ester groups is 1. The third-order valence-electron chi connectivity index (χ3n) is 12.2. The van der Waals surface area contributed by atoms with Crippen molar-refractivity contribution in [1.29, 1.82) is 0 Å². The van der Waals surface area contributed by atoms with Gasteiger partial charge in [0.15, 0.2) is 0 Å². The standard InChI is InChI=1S/C62H93N4O15P/c1-17-18-24-44-29-31-46(32-30-44)57(72)66(36-45-25-20-19-21-26-45)56-49-28-23-22-27-47(49)35-50(56)81-82(73,74)75-43-48(65(41-54(70)79-61(11,12)13)42-55(71)80-62(14,15)16)37-63(38-51(67)76-58(2,3)4)33-34-64(39-52(68)77-59(5,6)7)40-53(69)78-60(8,9)10/h19-23,25-32,48,50,56H,17-18,24,33-43H2,1-16H3,(H,73,74)/t48-,50+,56-/m1/s1. The lowest BCUT2D eigenvalue weighted by Gasteiger charge is -2.37. The number of amides is 1. The average Bonchev–Trinajstić information content (AvgIpc) is 3.80. The van der Waals surface area contributed by atoms with Gasteiger partial charge in [0, 0.05) is 44.2 Å². The molecule has 1 unspecified atom stereocenters. The first-order valence-electron chi connectivity index (χ1n) is 28.3. The van der Waals surface area contributed by atoms with Gasteiger partial charge in [-0.25, -0.2) is 4.57 Å². The maximum Gasteiger partial charge on any atom is 0.472 e. The van der Waals surface area contributed by atoms with Gasteiger partial charge in [-0.05, 0) is 151 Å². The number of aryl methyl sites for hydroxylation is 1. The summed E-state index contributed by atoms with van der Waals surface area (Å²) in [4.78, 5) is 101. The third-order valence-corrected chi connectivity index (χ3v) is 13.2. The summed E-state index contributed by atoms with van der Waals surface area (Å²) < 4.78 is 55.6. The molecule has 3 aromatic rings. The van der Waals surface area contributed by atoms with Crippen molar-refractivity contribution in [1.82, 2.24) is 19.6 Å². The van der Waals surface area contributed by atoms with Crippen molar-refractivity contribution in [2.45, 2.75) is 189 Å². The zero-order valence-electron chi connectivity index (χ0n) is 51.5. The molecule has 4 atom stereocenters. The summed E-state index contributed by atoms with van der Waals surface area (Å²) in [5.41, 5.74) is -0.712. The predicted molar refractivity (Wildman–Crippen MR) is 312 cm³/mol. The average molecular weight is 1170 g/mol. The number of hydrogen-bond donors (Lipinski definition) is 1. The lowest BCUT2D eigenvalue weighted by molar-refractivity contribution is -0.163. The van der Waals surface area contributed by atoms with Crippen LogP contribution in [0, 0.1) is 0 Å². The van der Waals surface area contributed by atoms with Gasteiger partial charge in [-0.15, -0.1) is 0 Å². The molecule has 0 aliphatic heterocycles. The molecule has 0 saturated carbocycles. The second-order valence-electron chi connectivity index (χ2n) is 25.9. The second-order valence-corrected chi connectivity index (χ2v) is 27.3. The number of hydrogen-bond acceptors (Lipinski definition) is 17. The molecule has 3 aromatic carbocycles. The molecule has 0 radical (unpaired) electrons. The van der Waals surface area contributed by atoms with Gasteiger partial charge in [-0.2, -0.15) is 0 Å². The summed E-state index contributed by atoms with van der Waals surface area (Å²) in [5.74, 6) is -3.76. The molecule has 4 rings (SSSR count). The van der Waals surface area contributed by atoms with Crippen LogP contribution in [0.15, 0.2) is 78.9 Å². The largest absolute Gasteiger partial charge is 0.472 e. The van der Waals surface area contributed by atoms with Crippen LogP contribution in [0.4, 0.5) is 0 Å². The molecule has 1 aliphatic carbocycles. The van der Waals surface area contributed by atoms with Crippen LogP contribution in [0.3, 0.4) is 0 Å². The number of fused-ring (bicyclic) bond motifs is 1.